The fourth-order valence-electron chi connectivity index (χ4n) is 2.19. The smallest absolute Gasteiger partial charge is 0.310 e. The van der Waals surface area contributed by atoms with Gasteiger partial charge in [-0.3, -0.25) is 4.79 Å². The summed E-state index contributed by atoms with van der Waals surface area (Å²) in [6, 6.07) is 6.32. The van der Waals surface area contributed by atoms with Gasteiger partial charge in [-0.25, -0.2) is 0 Å². The Labute approximate surface area is 126 Å². The molecule has 21 heavy (non-hydrogen) atoms. The molecule has 1 N–H and O–H groups in total. The van der Waals surface area contributed by atoms with Crippen LogP contribution in [-0.4, -0.2) is 35.5 Å². The molecule has 0 fully saturated rings. The molecule has 0 atom stereocenters. The van der Waals surface area contributed by atoms with E-state index in [0.29, 0.717) is 18.2 Å². The molecule has 4 heteroatoms. The maximum absolute atomic E-state index is 11.3. The molecule has 0 saturated heterocycles. The van der Waals surface area contributed by atoms with E-state index in [-0.39, 0.29) is 5.97 Å². The standard InChI is InChI=1S/C17H24N2O2/c1-5-17(20)21-14-6-7-15-13(11-18-16(15)10-14)8-9-19(4)12(2)3/h6-7,10-12,18H,5,8-9H2,1-4H3. The highest BCUT2D eigenvalue weighted by atomic mass is 16.5. The molecule has 0 spiro atoms. The summed E-state index contributed by atoms with van der Waals surface area (Å²) in [6.45, 7) is 7.21. The summed E-state index contributed by atoms with van der Waals surface area (Å²) in [4.78, 5) is 16.9. The molecule has 0 bridgehead atoms. The van der Waals surface area contributed by atoms with E-state index in [0.717, 1.165) is 18.5 Å². The van der Waals surface area contributed by atoms with E-state index >= 15 is 0 Å². The Bertz CT molecular complexity index is 616. The molecule has 0 radical (unpaired) electrons. The predicted octanol–water partition coefficient (Wildman–Crippen LogP) is 3.37. The summed E-state index contributed by atoms with van der Waals surface area (Å²) in [5.74, 6) is 0.390. The number of nitrogens with one attached hydrogen (secondary N) is 1. The maximum atomic E-state index is 11.3. The van der Waals surface area contributed by atoms with Gasteiger partial charge in [-0.2, -0.15) is 0 Å². The topological polar surface area (TPSA) is 45.3 Å². The van der Waals surface area contributed by atoms with Crippen molar-refractivity contribution in [2.24, 2.45) is 0 Å². The number of rotatable bonds is 6. The minimum atomic E-state index is -0.209. The van der Waals surface area contributed by atoms with Crippen LogP contribution in [-0.2, 0) is 11.2 Å². The number of aromatic nitrogens is 1. The van der Waals surface area contributed by atoms with Crippen LogP contribution in [0.4, 0.5) is 0 Å². The molecule has 4 nitrogen and oxygen atoms in total. The third kappa shape index (κ3) is 3.85. The zero-order valence-electron chi connectivity index (χ0n) is 13.3. The van der Waals surface area contributed by atoms with Gasteiger partial charge in [0.2, 0.25) is 0 Å². The van der Waals surface area contributed by atoms with Gasteiger partial charge in [-0.1, -0.05) is 6.92 Å². The van der Waals surface area contributed by atoms with Gasteiger partial charge in [-0.05, 0) is 45.0 Å². The molecule has 0 unspecified atom stereocenters. The first-order valence-electron chi connectivity index (χ1n) is 7.52. The van der Waals surface area contributed by atoms with Crippen LogP contribution in [0.15, 0.2) is 24.4 Å². The summed E-state index contributed by atoms with van der Waals surface area (Å²) in [5, 5.41) is 1.20. The van der Waals surface area contributed by atoms with E-state index in [1.807, 2.05) is 24.4 Å². The number of nitrogens with zero attached hydrogens (tertiary/aromatic N) is 1. The zero-order chi connectivity index (χ0) is 15.4. The van der Waals surface area contributed by atoms with Crippen molar-refractivity contribution < 1.29 is 9.53 Å². The van der Waals surface area contributed by atoms with Gasteiger partial charge in [0.25, 0.3) is 0 Å². The van der Waals surface area contributed by atoms with Gasteiger partial charge in [0, 0.05) is 42.2 Å². The molecule has 0 aliphatic rings. The van der Waals surface area contributed by atoms with Crippen LogP contribution in [0, 0.1) is 0 Å². The number of benzene rings is 1. The van der Waals surface area contributed by atoms with Crippen LogP contribution in [0.1, 0.15) is 32.8 Å². The van der Waals surface area contributed by atoms with Crippen molar-refractivity contribution >= 4 is 16.9 Å². The van der Waals surface area contributed by atoms with Gasteiger partial charge < -0.3 is 14.6 Å². The molecule has 2 rings (SSSR count). The Morgan fingerprint density at radius 3 is 2.81 bits per heavy atom. The summed E-state index contributed by atoms with van der Waals surface area (Å²) in [6.07, 6.45) is 3.43. The summed E-state index contributed by atoms with van der Waals surface area (Å²) in [5.41, 5.74) is 2.31. The Kier molecular flexibility index (Phi) is 5.02. The molecule has 114 valence electrons. The van der Waals surface area contributed by atoms with Gasteiger partial charge in [0.1, 0.15) is 5.75 Å². The fraction of sp³-hybridized carbons (Fsp3) is 0.471. The number of fused-ring (bicyclic) bond motifs is 1. The van der Waals surface area contributed by atoms with Crippen molar-refractivity contribution in [3.63, 3.8) is 0 Å². The van der Waals surface area contributed by atoms with E-state index < -0.39 is 0 Å². The average Bonchev–Trinajstić information content (AvgIpc) is 2.86. The number of hydrogen-bond donors (Lipinski definition) is 1. The van der Waals surface area contributed by atoms with Gasteiger partial charge in [-0.15, -0.1) is 0 Å². The molecule has 1 heterocycles. The number of H-pyrrole nitrogens is 1. The lowest BCUT2D eigenvalue weighted by molar-refractivity contribution is -0.134. The second kappa shape index (κ2) is 6.76. The highest BCUT2D eigenvalue weighted by Gasteiger charge is 2.09. The van der Waals surface area contributed by atoms with Crippen molar-refractivity contribution in [1.82, 2.24) is 9.88 Å². The number of hydrogen-bond acceptors (Lipinski definition) is 3. The predicted molar refractivity (Wildman–Crippen MR) is 85.7 cm³/mol. The van der Waals surface area contributed by atoms with Crippen molar-refractivity contribution in [2.75, 3.05) is 13.6 Å². The average molecular weight is 288 g/mol. The SMILES string of the molecule is CCC(=O)Oc1ccc2c(CCN(C)C(C)C)c[nH]c2c1. The molecule has 0 aliphatic heterocycles. The highest BCUT2D eigenvalue weighted by Crippen LogP contribution is 2.24. The Hall–Kier alpha value is -1.81. The molecular formula is C17H24N2O2. The third-order valence-electron chi connectivity index (χ3n) is 3.87. The number of carbonyl (C=O) groups excluding carboxylic acids is 1. The van der Waals surface area contributed by atoms with Crippen LogP contribution < -0.4 is 4.74 Å². The van der Waals surface area contributed by atoms with E-state index in [1.54, 1.807) is 6.92 Å². The van der Waals surface area contributed by atoms with Gasteiger partial charge in [0.05, 0.1) is 0 Å². The lowest BCUT2D eigenvalue weighted by Gasteiger charge is -2.20. The van der Waals surface area contributed by atoms with Crippen LogP contribution in [0.2, 0.25) is 0 Å². The second-order valence-electron chi connectivity index (χ2n) is 5.67. The number of esters is 1. The minimum Gasteiger partial charge on any atom is -0.426 e. The van der Waals surface area contributed by atoms with Crippen LogP contribution in [0.5, 0.6) is 5.75 Å². The van der Waals surface area contributed by atoms with Gasteiger partial charge >= 0.3 is 5.97 Å². The van der Waals surface area contributed by atoms with Crippen LogP contribution >= 0.6 is 0 Å². The lowest BCUT2D eigenvalue weighted by atomic mass is 10.1. The molecule has 0 aliphatic carbocycles. The van der Waals surface area contributed by atoms with Crippen LogP contribution in [0.25, 0.3) is 10.9 Å². The normalized spacial score (nSPS) is 11.5. The lowest BCUT2D eigenvalue weighted by Crippen LogP contribution is -2.28. The fourth-order valence-corrected chi connectivity index (χ4v) is 2.19. The molecule has 0 saturated carbocycles. The minimum absolute atomic E-state index is 0.209. The molecule has 0 amide bonds. The van der Waals surface area contributed by atoms with Crippen molar-refractivity contribution in [3.8, 4) is 5.75 Å². The number of likely N-dealkylation sites (N-methyl/N-ethyl adjacent to an activating group) is 1. The molecule has 1 aromatic heterocycles. The Balaban J connectivity index is 2.11. The summed E-state index contributed by atoms with van der Waals surface area (Å²) in [7, 11) is 2.14. The van der Waals surface area contributed by atoms with Crippen molar-refractivity contribution in [2.45, 2.75) is 39.7 Å². The zero-order valence-corrected chi connectivity index (χ0v) is 13.3. The van der Waals surface area contributed by atoms with Crippen molar-refractivity contribution in [1.29, 1.82) is 0 Å². The van der Waals surface area contributed by atoms with Gasteiger partial charge in [0.15, 0.2) is 0 Å². The summed E-state index contributed by atoms with van der Waals surface area (Å²) < 4.78 is 5.24. The molecule has 1 aromatic carbocycles. The number of carbonyl (C=O) groups is 1. The number of aromatic amines is 1. The quantitative estimate of drug-likeness (QED) is 0.655. The van der Waals surface area contributed by atoms with Crippen molar-refractivity contribution in [3.05, 3.63) is 30.0 Å². The Morgan fingerprint density at radius 2 is 2.14 bits per heavy atom. The maximum Gasteiger partial charge on any atom is 0.310 e. The first-order chi connectivity index (χ1) is 10.0. The molecule has 2 aromatic rings. The van der Waals surface area contributed by atoms with Crippen LogP contribution in [0.3, 0.4) is 0 Å². The second-order valence-corrected chi connectivity index (χ2v) is 5.67. The van der Waals surface area contributed by atoms with E-state index in [1.165, 1.54) is 10.9 Å². The first-order valence-corrected chi connectivity index (χ1v) is 7.52. The van der Waals surface area contributed by atoms with E-state index in [9.17, 15) is 4.79 Å². The third-order valence-corrected chi connectivity index (χ3v) is 3.87. The monoisotopic (exact) mass is 288 g/mol. The highest BCUT2D eigenvalue weighted by molar-refractivity contribution is 5.85. The number of ether oxygens (including phenoxy) is 1. The largest absolute Gasteiger partial charge is 0.426 e. The van der Waals surface area contributed by atoms with E-state index in [4.69, 9.17) is 4.74 Å². The molecular weight excluding hydrogens is 264 g/mol. The summed E-state index contributed by atoms with van der Waals surface area (Å²) >= 11 is 0. The Morgan fingerprint density at radius 1 is 1.38 bits per heavy atom. The van der Waals surface area contributed by atoms with E-state index in [2.05, 4.69) is 30.8 Å². The first kappa shape index (κ1) is 15.6.